The lowest BCUT2D eigenvalue weighted by Gasteiger charge is -1.98. The summed E-state index contributed by atoms with van der Waals surface area (Å²) in [6.07, 6.45) is 0. The van der Waals surface area contributed by atoms with Crippen LogP contribution in [0.25, 0.3) is 21.7 Å². The van der Waals surface area contributed by atoms with Gasteiger partial charge < -0.3 is 9.73 Å². The number of aromatic nitrogens is 3. The van der Waals surface area contributed by atoms with Gasteiger partial charge in [-0.15, -0.1) is 10.2 Å². The van der Waals surface area contributed by atoms with Crippen molar-refractivity contribution in [1.29, 1.82) is 0 Å². The van der Waals surface area contributed by atoms with Gasteiger partial charge in [-0.2, -0.15) is 0 Å². The topological polar surface area (TPSA) is 80.9 Å². The highest BCUT2D eigenvalue weighted by atomic mass is 32.2. The fraction of sp³-hybridized carbons (Fsp3) is 0.111. The van der Waals surface area contributed by atoms with Crippen LogP contribution in [-0.4, -0.2) is 26.8 Å². The predicted molar refractivity (Wildman–Crippen MR) is 103 cm³/mol. The minimum absolute atomic E-state index is 0.111. The van der Waals surface area contributed by atoms with Gasteiger partial charge in [0.05, 0.1) is 16.0 Å². The highest BCUT2D eigenvalue weighted by Crippen LogP contribution is 2.28. The van der Waals surface area contributed by atoms with Crippen molar-refractivity contribution >= 4 is 44.4 Å². The smallest absolute Gasteiger partial charge is 0.277 e. The van der Waals surface area contributed by atoms with Crippen molar-refractivity contribution in [3.63, 3.8) is 0 Å². The first kappa shape index (κ1) is 17.6. The number of carbonyl (C=O) groups excluding carboxylic acids is 1. The van der Waals surface area contributed by atoms with Gasteiger partial charge in [-0.3, -0.25) is 4.79 Å². The van der Waals surface area contributed by atoms with E-state index in [1.54, 1.807) is 12.1 Å². The van der Waals surface area contributed by atoms with Crippen LogP contribution in [0.4, 0.5) is 9.52 Å². The van der Waals surface area contributed by atoms with Gasteiger partial charge in [0.25, 0.3) is 5.22 Å². The third-order valence-electron chi connectivity index (χ3n) is 3.69. The zero-order chi connectivity index (χ0) is 18.8. The molecule has 0 atom stereocenters. The SMILES string of the molecule is Cc1cccc2sc(NC(=O)CSc3nnc(-c4ccc(F)cc4)o3)nc12. The van der Waals surface area contributed by atoms with Crippen LogP contribution in [0.1, 0.15) is 5.56 Å². The summed E-state index contributed by atoms with van der Waals surface area (Å²) < 4.78 is 19.5. The minimum Gasteiger partial charge on any atom is -0.411 e. The average Bonchev–Trinajstić information content (AvgIpc) is 3.28. The first-order valence-electron chi connectivity index (χ1n) is 7.97. The number of thiazole rings is 1. The molecule has 2 aromatic heterocycles. The Hall–Kier alpha value is -2.78. The van der Waals surface area contributed by atoms with E-state index in [4.69, 9.17) is 4.42 Å². The number of para-hydroxylation sites is 1. The van der Waals surface area contributed by atoms with Gasteiger partial charge in [-0.25, -0.2) is 9.37 Å². The van der Waals surface area contributed by atoms with Crippen molar-refractivity contribution in [2.75, 3.05) is 11.1 Å². The molecule has 0 fully saturated rings. The molecule has 1 amide bonds. The number of thioether (sulfide) groups is 1. The summed E-state index contributed by atoms with van der Waals surface area (Å²) in [5.74, 6) is -0.160. The van der Waals surface area contributed by atoms with Crippen LogP contribution in [0.5, 0.6) is 0 Å². The standard InChI is InChI=1S/C18H13FN4O2S2/c1-10-3-2-4-13-15(10)21-17(27-13)20-14(24)9-26-18-23-22-16(25-18)11-5-7-12(19)8-6-11/h2-8H,9H2,1H3,(H,20,21,24). The normalized spacial score (nSPS) is 11.0. The Bertz CT molecular complexity index is 1110. The molecule has 0 aliphatic carbocycles. The number of nitrogens with one attached hydrogen (secondary N) is 1. The largest absolute Gasteiger partial charge is 0.411 e. The van der Waals surface area contributed by atoms with Gasteiger partial charge in [0.1, 0.15) is 5.82 Å². The highest BCUT2D eigenvalue weighted by Gasteiger charge is 2.13. The van der Waals surface area contributed by atoms with E-state index in [2.05, 4.69) is 20.5 Å². The van der Waals surface area contributed by atoms with Crippen LogP contribution in [0.15, 0.2) is 52.1 Å². The van der Waals surface area contributed by atoms with Crippen LogP contribution in [0, 0.1) is 12.7 Å². The quantitative estimate of drug-likeness (QED) is 0.496. The van der Waals surface area contributed by atoms with Gasteiger partial charge in [-0.05, 0) is 42.8 Å². The first-order valence-corrected chi connectivity index (χ1v) is 9.77. The molecule has 136 valence electrons. The number of carbonyl (C=O) groups is 1. The number of anilines is 1. The Kier molecular flexibility index (Phi) is 4.87. The molecule has 0 bridgehead atoms. The maximum Gasteiger partial charge on any atom is 0.277 e. The molecule has 0 unspecified atom stereocenters. The monoisotopic (exact) mass is 400 g/mol. The Morgan fingerprint density at radius 1 is 1.22 bits per heavy atom. The Labute approximate surface area is 161 Å². The number of hydrogen-bond acceptors (Lipinski definition) is 7. The zero-order valence-corrected chi connectivity index (χ0v) is 15.7. The van der Waals surface area contributed by atoms with E-state index in [1.807, 2.05) is 25.1 Å². The Morgan fingerprint density at radius 3 is 2.81 bits per heavy atom. The molecule has 0 aliphatic heterocycles. The molecule has 0 saturated carbocycles. The molecule has 0 spiro atoms. The van der Waals surface area contributed by atoms with Gasteiger partial charge in [0.15, 0.2) is 5.13 Å². The minimum atomic E-state index is -0.338. The lowest BCUT2D eigenvalue weighted by atomic mass is 10.2. The van der Waals surface area contributed by atoms with Crippen molar-refractivity contribution in [3.05, 3.63) is 53.8 Å². The summed E-state index contributed by atoms with van der Waals surface area (Å²) in [7, 11) is 0. The predicted octanol–water partition coefficient (Wildman–Crippen LogP) is 4.52. The molecule has 0 radical (unpaired) electrons. The Morgan fingerprint density at radius 2 is 2.04 bits per heavy atom. The number of hydrogen-bond donors (Lipinski definition) is 1. The molecule has 6 nitrogen and oxygen atoms in total. The second-order valence-electron chi connectivity index (χ2n) is 5.66. The number of fused-ring (bicyclic) bond motifs is 1. The lowest BCUT2D eigenvalue weighted by molar-refractivity contribution is -0.113. The van der Waals surface area contributed by atoms with Crippen LogP contribution in [-0.2, 0) is 4.79 Å². The van der Waals surface area contributed by atoms with Crippen LogP contribution >= 0.6 is 23.1 Å². The summed E-state index contributed by atoms with van der Waals surface area (Å²) in [5.41, 5.74) is 2.58. The molecule has 4 rings (SSSR count). The van der Waals surface area contributed by atoms with Crippen molar-refractivity contribution in [3.8, 4) is 11.5 Å². The second kappa shape index (κ2) is 7.45. The third-order valence-corrected chi connectivity index (χ3v) is 5.45. The summed E-state index contributed by atoms with van der Waals surface area (Å²) in [6.45, 7) is 1.98. The number of amides is 1. The molecule has 1 N–H and O–H groups in total. The van der Waals surface area contributed by atoms with E-state index in [0.29, 0.717) is 10.7 Å². The average molecular weight is 400 g/mol. The van der Waals surface area contributed by atoms with Gasteiger partial charge in [0.2, 0.25) is 11.8 Å². The Balaban J connectivity index is 1.37. The van der Waals surface area contributed by atoms with E-state index in [-0.39, 0.29) is 28.6 Å². The molecule has 0 saturated heterocycles. The molecular weight excluding hydrogens is 387 g/mol. The summed E-state index contributed by atoms with van der Waals surface area (Å²) in [4.78, 5) is 16.6. The number of aryl methyl sites for hydroxylation is 1. The third kappa shape index (κ3) is 3.99. The van der Waals surface area contributed by atoms with E-state index in [1.165, 1.54) is 23.5 Å². The number of benzene rings is 2. The van der Waals surface area contributed by atoms with Crippen molar-refractivity contribution in [2.45, 2.75) is 12.1 Å². The zero-order valence-electron chi connectivity index (χ0n) is 14.1. The number of halogens is 1. The van der Waals surface area contributed by atoms with Gasteiger partial charge >= 0.3 is 0 Å². The molecule has 27 heavy (non-hydrogen) atoms. The van der Waals surface area contributed by atoms with Gasteiger partial charge in [0, 0.05) is 5.56 Å². The molecule has 9 heteroatoms. The van der Waals surface area contributed by atoms with E-state index < -0.39 is 0 Å². The molecule has 4 aromatic rings. The summed E-state index contributed by atoms with van der Waals surface area (Å²) in [6, 6.07) is 11.7. The van der Waals surface area contributed by atoms with Gasteiger partial charge in [-0.1, -0.05) is 35.2 Å². The van der Waals surface area contributed by atoms with Crippen LogP contribution in [0.2, 0.25) is 0 Å². The lowest BCUT2D eigenvalue weighted by Crippen LogP contribution is -2.13. The van der Waals surface area contributed by atoms with E-state index >= 15 is 0 Å². The summed E-state index contributed by atoms with van der Waals surface area (Å²) in [5, 5.41) is 11.4. The van der Waals surface area contributed by atoms with E-state index in [9.17, 15) is 9.18 Å². The maximum absolute atomic E-state index is 13.0. The fourth-order valence-electron chi connectivity index (χ4n) is 2.40. The van der Waals surface area contributed by atoms with Crippen molar-refractivity contribution in [1.82, 2.24) is 15.2 Å². The number of rotatable bonds is 5. The van der Waals surface area contributed by atoms with Crippen molar-refractivity contribution in [2.24, 2.45) is 0 Å². The van der Waals surface area contributed by atoms with Crippen LogP contribution < -0.4 is 5.32 Å². The molecule has 0 aliphatic rings. The number of nitrogens with zero attached hydrogens (tertiary/aromatic N) is 3. The highest BCUT2D eigenvalue weighted by molar-refractivity contribution is 7.99. The van der Waals surface area contributed by atoms with Crippen LogP contribution in [0.3, 0.4) is 0 Å². The fourth-order valence-corrected chi connectivity index (χ4v) is 3.92. The second-order valence-corrected chi connectivity index (χ2v) is 7.61. The summed E-state index contributed by atoms with van der Waals surface area (Å²) >= 11 is 2.56. The van der Waals surface area contributed by atoms with E-state index in [0.717, 1.165) is 27.5 Å². The molecule has 2 heterocycles. The molecule has 2 aromatic carbocycles. The van der Waals surface area contributed by atoms with Crippen molar-refractivity contribution < 1.29 is 13.6 Å². The first-order chi connectivity index (χ1) is 13.1. The maximum atomic E-state index is 13.0. The molecular formula is C18H13FN4O2S2.